The Kier molecular flexibility index (Phi) is 10.9. The molecule has 53 heavy (non-hydrogen) atoms. The van der Waals surface area contributed by atoms with Crippen molar-refractivity contribution >= 4 is 46.8 Å². The standard InChI is InChI=1S/C42H48Cl2N6O3/c1-8-53-34-26-35(40(2,3)4)46-27-33(34)38-47-41(5,29-12-16-31(43)17-13-29)42(6,30-14-18-32(44)19-15-30)50(38)39(52)49-23-20-28(21-24-49)25-37(51)48(7)36-11-9-10-22-45-36/h9-19,22,26-28H,8,20-21,23-25H2,1-7H3/t41-,42+/m0/s1. The number of ether oxygens (including phenoxy) is 1. The molecule has 4 aromatic rings. The summed E-state index contributed by atoms with van der Waals surface area (Å²) >= 11 is 12.8. The van der Waals surface area contributed by atoms with Crippen LogP contribution in [0.15, 0.2) is 90.2 Å². The zero-order valence-corrected chi connectivity index (χ0v) is 33.1. The summed E-state index contributed by atoms with van der Waals surface area (Å²) in [6.45, 7) is 13.8. The first-order valence-electron chi connectivity index (χ1n) is 18.2. The molecule has 0 spiro atoms. The third kappa shape index (κ3) is 7.38. The molecule has 278 valence electrons. The Bertz CT molecular complexity index is 1980. The molecule has 0 aliphatic carbocycles. The first kappa shape index (κ1) is 38.3. The molecule has 1 saturated heterocycles. The number of nitrogens with zero attached hydrogens (tertiary/aromatic N) is 6. The van der Waals surface area contributed by atoms with Crippen molar-refractivity contribution in [2.45, 2.75) is 77.3 Å². The SMILES string of the molecule is CCOc1cc(C(C)(C)C)ncc1C1=N[C@@](C)(c2ccc(Cl)cc2)[C@@](C)(c2ccc(Cl)cc2)N1C(=O)N1CCC(CC(=O)N(C)c2ccccn2)CC1. The van der Waals surface area contributed by atoms with Crippen molar-refractivity contribution in [1.29, 1.82) is 0 Å². The summed E-state index contributed by atoms with van der Waals surface area (Å²) in [6, 6.07) is 22.6. The maximum absolute atomic E-state index is 15.3. The molecule has 6 rings (SSSR count). The minimum absolute atomic E-state index is 0.00569. The van der Waals surface area contributed by atoms with E-state index >= 15 is 4.79 Å². The predicted octanol–water partition coefficient (Wildman–Crippen LogP) is 9.26. The van der Waals surface area contributed by atoms with Crippen LogP contribution in [0.4, 0.5) is 10.6 Å². The lowest BCUT2D eigenvalue weighted by Gasteiger charge is -2.47. The highest BCUT2D eigenvalue weighted by Gasteiger charge is 2.60. The number of aliphatic imine (C=N–C) groups is 1. The lowest BCUT2D eigenvalue weighted by Crippen LogP contribution is -2.59. The van der Waals surface area contributed by atoms with Gasteiger partial charge in [0.05, 0.1) is 12.2 Å². The van der Waals surface area contributed by atoms with Gasteiger partial charge in [-0.25, -0.2) is 9.78 Å². The van der Waals surface area contributed by atoms with Crippen molar-refractivity contribution in [1.82, 2.24) is 19.8 Å². The summed E-state index contributed by atoms with van der Waals surface area (Å²) in [4.78, 5) is 48.6. The Labute approximate surface area is 323 Å². The topological polar surface area (TPSA) is 91.2 Å². The summed E-state index contributed by atoms with van der Waals surface area (Å²) in [5, 5.41) is 1.20. The van der Waals surface area contributed by atoms with E-state index in [0.29, 0.717) is 72.0 Å². The summed E-state index contributed by atoms with van der Waals surface area (Å²) in [6.07, 6.45) is 5.22. The van der Waals surface area contributed by atoms with Crippen LogP contribution < -0.4 is 9.64 Å². The van der Waals surface area contributed by atoms with Crippen LogP contribution in [0.5, 0.6) is 5.75 Å². The molecule has 0 unspecified atom stereocenters. The van der Waals surface area contributed by atoms with Crippen LogP contribution in [0.2, 0.25) is 10.0 Å². The van der Waals surface area contributed by atoms with Gasteiger partial charge in [0, 0.05) is 66.2 Å². The molecule has 3 amide bonds. The van der Waals surface area contributed by atoms with Gasteiger partial charge in [-0.05, 0) is 87.1 Å². The van der Waals surface area contributed by atoms with E-state index in [1.54, 1.807) is 24.3 Å². The zero-order valence-electron chi connectivity index (χ0n) is 31.6. The van der Waals surface area contributed by atoms with E-state index in [4.69, 9.17) is 37.9 Å². The van der Waals surface area contributed by atoms with E-state index in [-0.39, 0.29) is 23.3 Å². The van der Waals surface area contributed by atoms with Crippen molar-refractivity contribution in [2.24, 2.45) is 10.9 Å². The van der Waals surface area contributed by atoms with Gasteiger partial charge in [-0.2, -0.15) is 0 Å². The highest BCUT2D eigenvalue weighted by molar-refractivity contribution is 6.30. The number of pyridine rings is 2. The number of carbonyl (C=O) groups excluding carboxylic acids is 2. The highest BCUT2D eigenvalue weighted by Crippen LogP contribution is 2.54. The zero-order chi connectivity index (χ0) is 38.1. The molecule has 1 fully saturated rings. The number of piperidine rings is 1. The molecule has 9 nitrogen and oxygen atoms in total. The quantitative estimate of drug-likeness (QED) is 0.179. The van der Waals surface area contributed by atoms with Crippen molar-refractivity contribution in [3.8, 4) is 5.75 Å². The lowest BCUT2D eigenvalue weighted by molar-refractivity contribution is -0.119. The Morgan fingerprint density at radius 3 is 2.11 bits per heavy atom. The second kappa shape index (κ2) is 15.1. The first-order valence-corrected chi connectivity index (χ1v) is 18.9. The highest BCUT2D eigenvalue weighted by atomic mass is 35.5. The van der Waals surface area contributed by atoms with E-state index in [1.807, 2.05) is 89.5 Å². The number of rotatable bonds is 8. The van der Waals surface area contributed by atoms with Crippen LogP contribution in [-0.2, 0) is 21.3 Å². The largest absolute Gasteiger partial charge is 0.493 e. The van der Waals surface area contributed by atoms with Gasteiger partial charge in [-0.1, -0.05) is 74.3 Å². The molecule has 0 radical (unpaired) electrons. The predicted molar refractivity (Wildman–Crippen MR) is 212 cm³/mol. The molecule has 2 aliphatic heterocycles. The number of amides is 3. The molecular formula is C42H48Cl2N6O3. The molecule has 0 bridgehead atoms. The Morgan fingerprint density at radius 2 is 1.55 bits per heavy atom. The first-order chi connectivity index (χ1) is 25.2. The monoisotopic (exact) mass is 754 g/mol. The molecule has 2 aliphatic rings. The molecule has 2 aromatic heterocycles. The van der Waals surface area contributed by atoms with Crippen LogP contribution in [0.25, 0.3) is 0 Å². The van der Waals surface area contributed by atoms with Gasteiger partial charge in [0.15, 0.2) is 0 Å². The average molecular weight is 756 g/mol. The fraction of sp³-hybridized carbons (Fsp3) is 0.405. The van der Waals surface area contributed by atoms with Crippen LogP contribution >= 0.6 is 23.2 Å². The van der Waals surface area contributed by atoms with E-state index in [2.05, 4.69) is 39.6 Å². The summed E-state index contributed by atoms with van der Waals surface area (Å²) in [7, 11) is 1.76. The Balaban J connectivity index is 1.42. The number of likely N-dealkylation sites (tertiary alicyclic amines) is 1. The Hall–Kier alpha value is -4.47. The van der Waals surface area contributed by atoms with Gasteiger partial charge >= 0.3 is 6.03 Å². The molecule has 0 saturated carbocycles. The maximum Gasteiger partial charge on any atom is 0.326 e. The summed E-state index contributed by atoms with van der Waals surface area (Å²) < 4.78 is 6.29. The van der Waals surface area contributed by atoms with Crippen molar-refractivity contribution < 1.29 is 14.3 Å². The van der Waals surface area contributed by atoms with Gasteiger partial charge in [-0.3, -0.25) is 24.6 Å². The number of hydrogen-bond donors (Lipinski definition) is 0. The number of amidine groups is 1. The van der Waals surface area contributed by atoms with Crippen LogP contribution in [0.3, 0.4) is 0 Å². The number of urea groups is 1. The van der Waals surface area contributed by atoms with E-state index in [1.165, 1.54) is 0 Å². The number of halogens is 2. The van der Waals surface area contributed by atoms with Crippen molar-refractivity contribution in [2.75, 3.05) is 31.6 Å². The van der Waals surface area contributed by atoms with E-state index in [9.17, 15) is 4.79 Å². The van der Waals surface area contributed by atoms with Gasteiger partial charge < -0.3 is 9.64 Å². The van der Waals surface area contributed by atoms with Gasteiger partial charge in [-0.15, -0.1) is 0 Å². The third-order valence-electron chi connectivity index (χ3n) is 10.8. The fourth-order valence-corrected chi connectivity index (χ4v) is 7.64. The molecule has 2 atom stereocenters. The van der Waals surface area contributed by atoms with E-state index in [0.717, 1.165) is 16.8 Å². The molecular weight excluding hydrogens is 707 g/mol. The van der Waals surface area contributed by atoms with Gasteiger partial charge in [0.1, 0.15) is 28.5 Å². The number of carbonyl (C=O) groups is 2. The maximum atomic E-state index is 15.3. The average Bonchev–Trinajstić information content (AvgIpc) is 3.39. The van der Waals surface area contributed by atoms with Crippen LogP contribution in [0.1, 0.15) is 83.2 Å². The second-order valence-electron chi connectivity index (χ2n) is 15.2. The second-order valence-corrected chi connectivity index (χ2v) is 16.1. The minimum Gasteiger partial charge on any atom is -0.493 e. The fourth-order valence-electron chi connectivity index (χ4n) is 7.39. The molecule has 0 N–H and O–H groups in total. The number of anilines is 1. The van der Waals surface area contributed by atoms with Crippen LogP contribution in [-0.4, -0.2) is 64.3 Å². The van der Waals surface area contributed by atoms with Gasteiger partial charge in [0.2, 0.25) is 5.91 Å². The number of benzene rings is 2. The summed E-state index contributed by atoms with van der Waals surface area (Å²) in [5.74, 6) is 1.83. The van der Waals surface area contributed by atoms with Crippen molar-refractivity contribution in [3.63, 3.8) is 0 Å². The number of aromatic nitrogens is 2. The third-order valence-corrected chi connectivity index (χ3v) is 11.3. The molecule has 2 aromatic carbocycles. The molecule has 11 heteroatoms. The Morgan fingerprint density at radius 1 is 0.925 bits per heavy atom. The normalized spacial score (nSPS) is 20.7. The lowest BCUT2D eigenvalue weighted by atomic mass is 9.71. The van der Waals surface area contributed by atoms with Crippen molar-refractivity contribution in [3.05, 3.63) is 118 Å². The smallest absolute Gasteiger partial charge is 0.326 e. The summed E-state index contributed by atoms with van der Waals surface area (Å²) in [5.41, 5.74) is 0.994. The van der Waals surface area contributed by atoms with Gasteiger partial charge in [0.25, 0.3) is 0 Å². The molecule has 4 heterocycles. The number of hydrogen-bond acceptors (Lipinski definition) is 6. The van der Waals surface area contributed by atoms with Crippen LogP contribution in [0, 0.1) is 5.92 Å². The van der Waals surface area contributed by atoms with E-state index < -0.39 is 11.1 Å². The minimum atomic E-state index is -1.04.